The molecular formula is C18H26N4O2S. The first-order valence-electron chi connectivity index (χ1n) is 9.26. The van der Waals surface area contributed by atoms with Crippen LogP contribution in [0.3, 0.4) is 0 Å². The monoisotopic (exact) mass is 362 g/mol. The number of hydrogen-bond acceptors (Lipinski definition) is 3. The van der Waals surface area contributed by atoms with Crippen LogP contribution in [0.1, 0.15) is 44.0 Å². The van der Waals surface area contributed by atoms with Crippen LogP contribution in [-0.2, 0) is 10.2 Å². The van der Waals surface area contributed by atoms with Crippen LogP contribution in [0.25, 0.3) is 11.0 Å². The SMILES string of the molecule is Cc1nc2ccccc2n1C1CCN(S(=O)(=O)N2CCCCCC2)C1. The van der Waals surface area contributed by atoms with Crippen molar-refractivity contribution in [1.29, 1.82) is 0 Å². The molecule has 6 nitrogen and oxygen atoms in total. The molecule has 0 saturated carbocycles. The Morgan fingerprint density at radius 2 is 1.72 bits per heavy atom. The third kappa shape index (κ3) is 3.09. The van der Waals surface area contributed by atoms with Crippen molar-refractivity contribution in [1.82, 2.24) is 18.2 Å². The quantitative estimate of drug-likeness (QED) is 0.843. The summed E-state index contributed by atoms with van der Waals surface area (Å²) in [5.74, 6) is 0.959. The van der Waals surface area contributed by atoms with E-state index in [1.807, 2.05) is 25.1 Å². The first kappa shape index (κ1) is 17.0. The van der Waals surface area contributed by atoms with Gasteiger partial charge in [-0.1, -0.05) is 25.0 Å². The number of hydrogen-bond donors (Lipinski definition) is 0. The summed E-state index contributed by atoms with van der Waals surface area (Å²) in [6.45, 7) is 4.47. The predicted molar refractivity (Wildman–Crippen MR) is 98.7 cm³/mol. The van der Waals surface area contributed by atoms with E-state index in [0.29, 0.717) is 26.2 Å². The number of aromatic nitrogens is 2. The Morgan fingerprint density at radius 3 is 2.48 bits per heavy atom. The van der Waals surface area contributed by atoms with E-state index in [1.54, 1.807) is 8.61 Å². The first-order chi connectivity index (χ1) is 12.1. The normalized spacial score (nSPS) is 24.0. The third-order valence-electron chi connectivity index (χ3n) is 5.48. The third-order valence-corrected chi connectivity index (χ3v) is 7.48. The summed E-state index contributed by atoms with van der Waals surface area (Å²) >= 11 is 0. The van der Waals surface area contributed by atoms with E-state index in [-0.39, 0.29) is 6.04 Å². The van der Waals surface area contributed by atoms with Crippen LogP contribution < -0.4 is 0 Å². The zero-order valence-electron chi connectivity index (χ0n) is 14.8. The fourth-order valence-electron chi connectivity index (χ4n) is 4.19. The van der Waals surface area contributed by atoms with Crippen molar-refractivity contribution in [2.24, 2.45) is 0 Å². The Kier molecular flexibility index (Phi) is 4.56. The zero-order valence-corrected chi connectivity index (χ0v) is 15.6. The van der Waals surface area contributed by atoms with Gasteiger partial charge in [-0.2, -0.15) is 17.0 Å². The summed E-state index contributed by atoms with van der Waals surface area (Å²) in [7, 11) is -3.34. The second-order valence-corrected chi connectivity index (χ2v) is 9.07. The molecule has 0 aliphatic carbocycles. The van der Waals surface area contributed by atoms with Crippen molar-refractivity contribution in [3.8, 4) is 0 Å². The summed E-state index contributed by atoms with van der Waals surface area (Å²) in [5, 5.41) is 0. The molecule has 1 aromatic heterocycles. The van der Waals surface area contributed by atoms with E-state index in [0.717, 1.165) is 49.0 Å². The van der Waals surface area contributed by atoms with Gasteiger partial charge in [0.2, 0.25) is 0 Å². The number of imidazole rings is 1. The van der Waals surface area contributed by atoms with E-state index in [4.69, 9.17) is 0 Å². The maximum Gasteiger partial charge on any atom is 0.282 e. The van der Waals surface area contributed by atoms with Crippen molar-refractivity contribution in [2.75, 3.05) is 26.2 Å². The molecule has 0 amide bonds. The van der Waals surface area contributed by atoms with Gasteiger partial charge in [-0.3, -0.25) is 0 Å². The minimum absolute atomic E-state index is 0.161. The van der Waals surface area contributed by atoms with Crippen molar-refractivity contribution in [3.05, 3.63) is 30.1 Å². The van der Waals surface area contributed by atoms with Gasteiger partial charge in [-0.25, -0.2) is 4.98 Å². The highest BCUT2D eigenvalue weighted by Gasteiger charge is 2.37. The highest BCUT2D eigenvalue weighted by molar-refractivity contribution is 7.86. The summed E-state index contributed by atoms with van der Waals surface area (Å²) in [6.07, 6.45) is 5.06. The molecule has 1 atom stereocenters. The summed E-state index contributed by atoms with van der Waals surface area (Å²) < 4.78 is 31.7. The lowest BCUT2D eigenvalue weighted by Crippen LogP contribution is -2.43. The molecule has 1 unspecified atom stereocenters. The van der Waals surface area contributed by atoms with Crippen molar-refractivity contribution < 1.29 is 8.42 Å². The number of nitrogens with zero attached hydrogens (tertiary/aromatic N) is 4. The van der Waals surface area contributed by atoms with Crippen molar-refractivity contribution >= 4 is 21.2 Å². The van der Waals surface area contributed by atoms with Crippen LogP contribution >= 0.6 is 0 Å². The standard InChI is InChI=1S/C18H26N4O2S/c1-15-19-17-8-4-5-9-18(17)22(15)16-10-13-21(14-16)25(23,24)20-11-6-2-3-7-12-20/h4-5,8-9,16H,2-3,6-7,10-14H2,1H3. The Hall–Kier alpha value is -1.44. The highest BCUT2D eigenvalue weighted by atomic mass is 32.2. The molecule has 2 aliphatic rings. The van der Waals surface area contributed by atoms with Gasteiger partial charge in [0.1, 0.15) is 5.82 Å². The second kappa shape index (κ2) is 6.70. The van der Waals surface area contributed by atoms with E-state index in [9.17, 15) is 8.42 Å². The Balaban J connectivity index is 1.57. The van der Waals surface area contributed by atoms with E-state index < -0.39 is 10.2 Å². The maximum atomic E-state index is 13.0. The van der Waals surface area contributed by atoms with Gasteiger partial charge < -0.3 is 4.57 Å². The maximum absolute atomic E-state index is 13.0. The van der Waals surface area contributed by atoms with Crippen LogP contribution in [0.5, 0.6) is 0 Å². The molecule has 1 aromatic carbocycles. The van der Waals surface area contributed by atoms with Gasteiger partial charge in [-0.05, 0) is 38.3 Å². The predicted octanol–water partition coefficient (Wildman–Crippen LogP) is 2.71. The van der Waals surface area contributed by atoms with Gasteiger partial charge in [0, 0.05) is 26.2 Å². The lowest BCUT2D eigenvalue weighted by Gasteiger charge is -2.26. The van der Waals surface area contributed by atoms with Crippen LogP contribution in [-0.4, -0.2) is 52.8 Å². The number of rotatable bonds is 3. The second-order valence-electron chi connectivity index (χ2n) is 7.14. The Bertz CT molecular complexity index is 853. The average Bonchev–Trinajstić information content (AvgIpc) is 3.08. The van der Waals surface area contributed by atoms with Crippen LogP contribution in [0, 0.1) is 6.92 Å². The first-order valence-corrected chi connectivity index (χ1v) is 10.7. The summed E-state index contributed by atoms with van der Waals surface area (Å²) in [4.78, 5) is 4.63. The molecule has 2 saturated heterocycles. The van der Waals surface area contributed by atoms with Crippen molar-refractivity contribution in [3.63, 3.8) is 0 Å². The van der Waals surface area contributed by atoms with E-state index in [2.05, 4.69) is 15.6 Å². The molecule has 7 heteroatoms. The van der Waals surface area contributed by atoms with Crippen LogP contribution in [0.15, 0.2) is 24.3 Å². The number of benzene rings is 1. The molecule has 3 heterocycles. The Labute approximate surface area is 149 Å². The molecule has 0 bridgehead atoms. The molecule has 0 spiro atoms. The topological polar surface area (TPSA) is 58.4 Å². The highest BCUT2D eigenvalue weighted by Crippen LogP contribution is 2.30. The zero-order chi connectivity index (χ0) is 17.4. The number of aryl methyl sites for hydroxylation is 1. The van der Waals surface area contributed by atoms with Crippen LogP contribution in [0.2, 0.25) is 0 Å². The molecule has 136 valence electrons. The lowest BCUT2D eigenvalue weighted by atomic mass is 10.2. The molecule has 2 fully saturated rings. The summed E-state index contributed by atoms with van der Waals surface area (Å²) in [5.41, 5.74) is 2.08. The van der Waals surface area contributed by atoms with E-state index in [1.165, 1.54) is 0 Å². The minimum Gasteiger partial charge on any atom is -0.324 e. The van der Waals surface area contributed by atoms with Crippen LogP contribution in [0.4, 0.5) is 0 Å². The molecule has 2 aliphatic heterocycles. The molecule has 25 heavy (non-hydrogen) atoms. The van der Waals surface area contributed by atoms with Gasteiger partial charge in [0.15, 0.2) is 0 Å². The largest absolute Gasteiger partial charge is 0.324 e. The van der Waals surface area contributed by atoms with Gasteiger partial charge in [0.05, 0.1) is 17.1 Å². The average molecular weight is 362 g/mol. The fourth-order valence-corrected chi connectivity index (χ4v) is 5.94. The lowest BCUT2D eigenvalue weighted by molar-refractivity contribution is 0.361. The molecule has 4 rings (SSSR count). The molecular weight excluding hydrogens is 336 g/mol. The molecule has 2 aromatic rings. The van der Waals surface area contributed by atoms with Gasteiger partial charge in [0.25, 0.3) is 10.2 Å². The fraction of sp³-hybridized carbons (Fsp3) is 0.611. The van der Waals surface area contributed by atoms with Gasteiger partial charge in [-0.15, -0.1) is 0 Å². The van der Waals surface area contributed by atoms with Gasteiger partial charge >= 0.3 is 0 Å². The number of fused-ring (bicyclic) bond motifs is 1. The minimum atomic E-state index is -3.34. The smallest absolute Gasteiger partial charge is 0.282 e. The van der Waals surface area contributed by atoms with E-state index >= 15 is 0 Å². The summed E-state index contributed by atoms with van der Waals surface area (Å²) in [6, 6.07) is 8.25. The number of para-hydroxylation sites is 2. The molecule has 0 radical (unpaired) electrons. The Morgan fingerprint density at radius 1 is 1.00 bits per heavy atom. The van der Waals surface area contributed by atoms with Crippen molar-refractivity contribution in [2.45, 2.75) is 45.1 Å². The molecule has 0 N–H and O–H groups in total.